The van der Waals surface area contributed by atoms with E-state index < -0.39 is 5.91 Å². The first kappa shape index (κ1) is 26.3. The monoisotopic (exact) mass is 529 g/mol. The fourth-order valence-corrected chi connectivity index (χ4v) is 4.99. The Hall–Kier alpha value is -4.31. The van der Waals surface area contributed by atoms with Crippen LogP contribution in [0.3, 0.4) is 0 Å². The Labute approximate surface area is 228 Å². The number of anilines is 4. The van der Waals surface area contributed by atoms with Gasteiger partial charge in [-0.2, -0.15) is 0 Å². The number of ether oxygens (including phenoxy) is 1. The van der Waals surface area contributed by atoms with Gasteiger partial charge in [-0.3, -0.25) is 4.79 Å². The van der Waals surface area contributed by atoms with E-state index >= 15 is 0 Å². The molecule has 39 heavy (non-hydrogen) atoms. The highest BCUT2D eigenvalue weighted by molar-refractivity contribution is 5.98. The average molecular weight is 530 g/mol. The molecule has 2 aromatic carbocycles. The quantitative estimate of drug-likeness (QED) is 0.425. The van der Waals surface area contributed by atoms with Crippen LogP contribution in [0, 0.1) is 0 Å². The zero-order valence-electron chi connectivity index (χ0n) is 22.0. The molecule has 2 aliphatic rings. The zero-order chi connectivity index (χ0) is 27.2. The van der Waals surface area contributed by atoms with E-state index in [4.69, 9.17) is 21.2 Å². The van der Waals surface area contributed by atoms with E-state index in [-0.39, 0.29) is 18.7 Å². The van der Waals surface area contributed by atoms with Gasteiger partial charge in [0.25, 0.3) is 5.91 Å². The van der Waals surface area contributed by atoms with E-state index in [2.05, 4.69) is 15.1 Å². The summed E-state index contributed by atoms with van der Waals surface area (Å²) in [4.78, 5) is 35.4. The van der Waals surface area contributed by atoms with Crippen LogP contribution < -0.4 is 26.6 Å². The van der Waals surface area contributed by atoms with Crippen molar-refractivity contribution in [3.63, 3.8) is 0 Å². The van der Waals surface area contributed by atoms with Crippen LogP contribution >= 0.6 is 0 Å². The van der Waals surface area contributed by atoms with E-state index in [0.717, 1.165) is 48.7 Å². The number of rotatable bonds is 7. The maximum absolute atomic E-state index is 12.5. The van der Waals surface area contributed by atoms with Gasteiger partial charge in [-0.05, 0) is 54.8 Å². The van der Waals surface area contributed by atoms with E-state index in [1.54, 1.807) is 11.0 Å². The lowest BCUT2D eigenvalue weighted by Gasteiger charge is -2.35. The lowest BCUT2D eigenvalue weighted by atomic mass is 10.1. The van der Waals surface area contributed by atoms with Gasteiger partial charge >= 0.3 is 6.09 Å². The number of benzene rings is 2. The summed E-state index contributed by atoms with van der Waals surface area (Å²) in [6.07, 6.45) is 1.72. The Kier molecular flexibility index (Phi) is 8.12. The number of amides is 2. The van der Waals surface area contributed by atoms with Gasteiger partial charge in [0.05, 0.1) is 5.56 Å². The van der Waals surface area contributed by atoms with Crippen molar-refractivity contribution < 1.29 is 14.3 Å². The molecule has 10 nitrogen and oxygen atoms in total. The molecular formula is C29H35N7O3. The maximum Gasteiger partial charge on any atom is 0.410 e. The second-order valence-corrected chi connectivity index (χ2v) is 9.96. The maximum atomic E-state index is 12.5. The van der Waals surface area contributed by atoms with Crippen molar-refractivity contribution in [3.8, 4) is 0 Å². The van der Waals surface area contributed by atoms with Crippen molar-refractivity contribution >= 4 is 35.0 Å². The average Bonchev–Trinajstić information content (AvgIpc) is 2.97. The molecule has 2 fully saturated rings. The zero-order valence-corrected chi connectivity index (χ0v) is 22.0. The van der Waals surface area contributed by atoms with Gasteiger partial charge in [-0.1, -0.05) is 30.3 Å². The number of primary amides is 1. The standard InChI is InChI=1S/C29H35N7O3/c30-22-7-4-14-36(19-22)26-13-12-25(27(31)37)28(33-26)32-23-8-10-24(11-9-23)34-15-17-35(18-16-34)29(38)39-20-21-5-2-1-3-6-21/h1-3,5-6,8-13,22H,4,7,14-20,30H2,(H2,31,37)(H,32,33)/t22-/m1/s1. The molecule has 10 heteroatoms. The van der Waals surface area contributed by atoms with Gasteiger partial charge in [-0.15, -0.1) is 0 Å². The number of nitrogens with two attached hydrogens (primary N) is 2. The van der Waals surface area contributed by atoms with Gasteiger partial charge in [-0.25, -0.2) is 9.78 Å². The summed E-state index contributed by atoms with van der Waals surface area (Å²) in [5, 5.41) is 3.27. The summed E-state index contributed by atoms with van der Waals surface area (Å²) >= 11 is 0. The molecule has 0 unspecified atom stereocenters. The molecule has 1 aromatic heterocycles. The molecule has 0 spiro atoms. The highest BCUT2D eigenvalue weighted by Gasteiger charge is 2.23. The molecule has 5 N–H and O–H groups in total. The second-order valence-electron chi connectivity index (χ2n) is 9.96. The molecule has 3 heterocycles. The number of carbonyl (C=O) groups excluding carboxylic acids is 2. The van der Waals surface area contributed by atoms with E-state index in [9.17, 15) is 9.59 Å². The molecule has 1 atom stereocenters. The Morgan fingerprint density at radius 1 is 0.923 bits per heavy atom. The minimum atomic E-state index is -0.538. The number of hydrogen-bond acceptors (Lipinski definition) is 8. The Balaban J connectivity index is 1.18. The molecule has 5 rings (SSSR count). The molecule has 0 bridgehead atoms. The number of hydrogen-bond donors (Lipinski definition) is 3. The van der Waals surface area contributed by atoms with Gasteiger partial charge in [0.2, 0.25) is 0 Å². The van der Waals surface area contributed by atoms with Crippen molar-refractivity contribution in [2.45, 2.75) is 25.5 Å². The Bertz CT molecular complexity index is 1280. The molecule has 0 radical (unpaired) electrons. The summed E-state index contributed by atoms with van der Waals surface area (Å²) in [5.41, 5.74) is 14.9. The molecular weight excluding hydrogens is 494 g/mol. The van der Waals surface area contributed by atoms with Crippen molar-refractivity contribution in [2.75, 3.05) is 54.4 Å². The van der Waals surface area contributed by atoms with Crippen LogP contribution in [0.1, 0.15) is 28.8 Å². The molecule has 0 saturated carbocycles. The third kappa shape index (κ3) is 6.58. The third-order valence-corrected chi connectivity index (χ3v) is 7.17. The first-order chi connectivity index (χ1) is 19.0. The van der Waals surface area contributed by atoms with Crippen LogP contribution in [0.5, 0.6) is 0 Å². The van der Waals surface area contributed by atoms with Crippen molar-refractivity contribution in [1.82, 2.24) is 9.88 Å². The first-order valence-electron chi connectivity index (χ1n) is 13.4. The molecule has 2 saturated heterocycles. The molecule has 2 aliphatic heterocycles. The van der Waals surface area contributed by atoms with Gasteiger partial charge in [0.15, 0.2) is 0 Å². The van der Waals surface area contributed by atoms with Gasteiger partial charge < -0.3 is 36.2 Å². The first-order valence-corrected chi connectivity index (χ1v) is 13.4. The number of pyridine rings is 1. The fourth-order valence-electron chi connectivity index (χ4n) is 4.99. The van der Waals surface area contributed by atoms with Crippen LogP contribution in [0.15, 0.2) is 66.7 Å². The molecule has 204 valence electrons. The smallest absolute Gasteiger partial charge is 0.410 e. The van der Waals surface area contributed by atoms with Crippen LogP contribution in [-0.2, 0) is 11.3 Å². The van der Waals surface area contributed by atoms with Crippen molar-refractivity contribution in [2.24, 2.45) is 11.5 Å². The van der Waals surface area contributed by atoms with Crippen LogP contribution in [0.2, 0.25) is 0 Å². The Morgan fingerprint density at radius 3 is 2.36 bits per heavy atom. The SMILES string of the molecule is NC(=O)c1ccc(N2CCC[C@@H](N)C2)nc1Nc1ccc(N2CCN(C(=O)OCc3ccccc3)CC2)cc1. The molecule has 0 aliphatic carbocycles. The highest BCUT2D eigenvalue weighted by Crippen LogP contribution is 2.26. The molecule has 3 aromatic rings. The van der Waals surface area contributed by atoms with Crippen LogP contribution in [0.4, 0.5) is 27.8 Å². The van der Waals surface area contributed by atoms with Crippen molar-refractivity contribution in [3.05, 3.63) is 77.9 Å². The lowest BCUT2D eigenvalue weighted by molar-refractivity contribution is 0.0941. The normalized spacial score (nSPS) is 17.6. The predicted octanol–water partition coefficient (Wildman–Crippen LogP) is 3.31. The van der Waals surface area contributed by atoms with Gasteiger partial charge in [0.1, 0.15) is 18.2 Å². The third-order valence-electron chi connectivity index (χ3n) is 7.17. The van der Waals surface area contributed by atoms with Crippen LogP contribution in [0.25, 0.3) is 0 Å². The Morgan fingerprint density at radius 2 is 1.67 bits per heavy atom. The summed E-state index contributed by atoms with van der Waals surface area (Å²) in [6.45, 7) is 4.48. The van der Waals surface area contributed by atoms with Crippen molar-refractivity contribution in [1.29, 1.82) is 0 Å². The van der Waals surface area contributed by atoms with Crippen LogP contribution in [-0.4, -0.2) is 67.2 Å². The summed E-state index contributed by atoms with van der Waals surface area (Å²) in [5.74, 6) is 0.660. The highest BCUT2D eigenvalue weighted by atomic mass is 16.6. The topological polar surface area (TPSA) is 130 Å². The largest absolute Gasteiger partial charge is 0.445 e. The fraction of sp³-hybridized carbons (Fsp3) is 0.345. The van der Waals surface area contributed by atoms with Gasteiger partial charge in [0, 0.05) is 56.7 Å². The summed E-state index contributed by atoms with van der Waals surface area (Å²) in [7, 11) is 0. The molecule has 2 amide bonds. The van der Waals surface area contributed by atoms with E-state index in [1.807, 2.05) is 60.7 Å². The number of carbonyl (C=O) groups is 2. The minimum Gasteiger partial charge on any atom is -0.445 e. The second kappa shape index (κ2) is 12.0. The summed E-state index contributed by atoms with van der Waals surface area (Å²) < 4.78 is 5.47. The number of nitrogens with zero attached hydrogens (tertiary/aromatic N) is 4. The summed E-state index contributed by atoms with van der Waals surface area (Å²) in [6, 6.07) is 21.3. The minimum absolute atomic E-state index is 0.113. The van der Waals surface area contributed by atoms with E-state index in [1.165, 1.54) is 0 Å². The number of piperazine rings is 1. The number of piperidine rings is 1. The lowest BCUT2D eigenvalue weighted by Crippen LogP contribution is -2.48. The number of nitrogens with one attached hydrogen (secondary N) is 1. The van der Waals surface area contributed by atoms with E-state index in [0.29, 0.717) is 37.6 Å². The predicted molar refractivity (Wildman–Crippen MR) is 152 cm³/mol. The number of aromatic nitrogens is 1.